The second-order valence-corrected chi connectivity index (χ2v) is 5.80. The molecule has 0 fully saturated rings. The van der Waals surface area contributed by atoms with E-state index in [4.69, 9.17) is 27.6 Å². The molecule has 25 heavy (non-hydrogen) atoms. The van der Waals surface area contributed by atoms with Gasteiger partial charge in [-0.25, -0.2) is 4.79 Å². The SMILES string of the molecule is O=C(Cn1c(=O)oc2ccc([N+](=O)[O-])cc21)Nc1cccc(Cl)c1Cl. The molecule has 0 radical (unpaired) electrons. The quantitative estimate of drug-likeness (QED) is 0.549. The molecule has 1 amide bonds. The third-order valence-electron chi connectivity index (χ3n) is 3.39. The fourth-order valence-corrected chi connectivity index (χ4v) is 2.60. The Hall–Kier alpha value is -2.84. The van der Waals surface area contributed by atoms with Crippen LogP contribution in [-0.2, 0) is 11.3 Å². The Balaban J connectivity index is 1.92. The van der Waals surface area contributed by atoms with Gasteiger partial charge in [-0.15, -0.1) is 0 Å². The first-order valence-electron chi connectivity index (χ1n) is 6.88. The highest BCUT2D eigenvalue weighted by atomic mass is 35.5. The Bertz CT molecular complexity index is 1060. The maximum absolute atomic E-state index is 12.2. The molecule has 128 valence electrons. The average molecular weight is 382 g/mol. The highest BCUT2D eigenvalue weighted by Gasteiger charge is 2.17. The zero-order chi connectivity index (χ0) is 18.1. The number of nitrogens with zero attached hydrogens (tertiary/aromatic N) is 2. The molecule has 2 aromatic carbocycles. The molecule has 10 heteroatoms. The van der Waals surface area contributed by atoms with Crippen molar-refractivity contribution in [2.45, 2.75) is 6.54 Å². The summed E-state index contributed by atoms with van der Waals surface area (Å²) in [5.74, 6) is -1.37. The van der Waals surface area contributed by atoms with Gasteiger partial charge in [-0.3, -0.25) is 19.5 Å². The van der Waals surface area contributed by atoms with Gasteiger partial charge < -0.3 is 9.73 Å². The van der Waals surface area contributed by atoms with Crippen molar-refractivity contribution in [2.75, 3.05) is 5.32 Å². The number of hydrogen-bond acceptors (Lipinski definition) is 5. The molecule has 0 spiro atoms. The summed E-state index contributed by atoms with van der Waals surface area (Å²) in [6.45, 7) is -0.407. The van der Waals surface area contributed by atoms with E-state index in [2.05, 4.69) is 5.32 Å². The van der Waals surface area contributed by atoms with Crippen molar-refractivity contribution in [1.29, 1.82) is 0 Å². The van der Waals surface area contributed by atoms with Gasteiger partial charge in [-0.2, -0.15) is 0 Å². The van der Waals surface area contributed by atoms with E-state index >= 15 is 0 Å². The molecule has 0 saturated carbocycles. The van der Waals surface area contributed by atoms with Gasteiger partial charge in [0.15, 0.2) is 5.58 Å². The van der Waals surface area contributed by atoms with Crippen molar-refractivity contribution in [3.8, 4) is 0 Å². The largest absolute Gasteiger partial charge is 0.420 e. The van der Waals surface area contributed by atoms with E-state index < -0.39 is 23.1 Å². The van der Waals surface area contributed by atoms with E-state index in [0.717, 1.165) is 4.57 Å². The van der Waals surface area contributed by atoms with Crippen molar-refractivity contribution in [1.82, 2.24) is 4.57 Å². The molecule has 8 nitrogen and oxygen atoms in total. The molecule has 1 aromatic heterocycles. The van der Waals surface area contributed by atoms with Gasteiger partial charge in [-0.1, -0.05) is 29.3 Å². The third kappa shape index (κ3) is 3.35. The summed E-state index contributed by atoms with van der Waals surface area (Å²) in [7, 11) is 0. The molecule has 0 atom stereocenters. The van der Waals surface area contributed by atoms with Gasteiger partial charge in [-0.05, 0) is 18.2 Å². The number of carbonyl (C=O) groups excluding carboxylic acids is 1. The lowest BCUT2D eigenvalue weighted by Gasteiger charge is -2.08. The summed E-state index contributed by atoms with van der Waals surface area (Å²) >= 11 is 11.9. The fourth-order valence-electron chi connectivity index (χ4n) is 2.25. The van der Waals surface area contributed by atoms with Crippen LogP contribution in [-0.4, -0.2) is 15.4 Å². The molecule has 0 bridgehead atoms. The number of non-ortho nitro benzene ring substituents is 1. The van der Waals surface area contributed by atoms with Gasteiger partial charge in [0.25, 0.3) is 5.69 Å². The van der Waals surface area contributed by atoms with Crippen molar-refractivity contribution < 1.29 is 14.1 Å². The van der Waals surface area contributed by atoms with Gasteiger partial charge in [0.05, 0.1) is 26.2 Å². The Kier molecular flexibility index (Phi) is 4.47. The number of hydrogen-bond donors (Lipinski definition) is 1. The van der Waals surface area contributed by atoms with Gasteiger partial charge in [0, 0.05) is 12.1 Å². The van der Waals surface area contributed by atoms with Crippen LogP contribution < -0.4 is 11.1 Å². The van der Waals surface area contributed by atoms with Crippen LogP contribution in [0.15, 0.2) is 45.6 Å². The van der Waals surface area contributed by atoms with Crippen LogP contribution in [0, 0.1) is 10.1 Å². The molecule has 3 aromatic rings. The zero-order valence-electron chi connectivity index (χ0n) is 12.4. The number of amides is 1. The number of nitro benzene ring substituents is 1. The molecular weight excluding hydrogens is 373 g/mol. The minimum Gasteiger partial charge on any atom is -0.408 e. The molecule has 1 heterocycles. The second kappa shape index (κ2) is 6.58. The number of benzene rings is 2. The van der Waals surface area contributed by atoms with Gasteiger partial charge in [0.2, 0.25) is 5.91 Å². The zero-order valence-corrected chi connectivity index (χ0v) is 13.9. The number of anilines is 1. The Morgan fingerprint density at radius 2 is 2.04 bits per heavy atom. The van der Waals surface area contributed by atoms with Crippen molar-refractivity contribution in [3.05, 3.63) is 67.1 Å². The molecule has 0 aliphatic rings. The number of halogens is 2. The number of fused-ring (bicyclic) bond motifs is 1. The minimum atomic E-state index is -0.803. The summed E-state index contributed by atoms with van der Waals surface area (Å²) in [6.07, 6.45) is 0. The summed E-state index contributed by atoms with van der Waals surface area (Å²) < 4.78 is 5.98. The predicted molar refractivity (Wildman–Crippen MR) is 92.2 cm³/mol. The number of oxazole rings is 1. The van der Waals surface area contributed by atoms with Crippen molar-refractivity contribution in [2.24, 2.45) is 0 Å². The van der Waals surface area contributed by atoms with Crippen molar-refractivity contribution in [3.63, 3.8) is 0 Å². The molecule has 1 N–H and O–H groups in total. The van der Waals surface area contributed by atoms with E-state index in [1.807, 2.05) is 0 Å². The first-order chi connectivity index (χ1) is 11.9. The molecule has 0 aliphatic carbocycles. The summed E-state index contributed by atoms with van der Waals surface area (Å²) in [6, 6.07) is 8.39. The van der Waals surface area contributed by atoms with Crippen LogP contribution in [0.4, 0.5) is 11.4 Å². The van der Waals surface area contributed by atoms with E-state index in [1.54, 1.807) is 18.2 Å². The van der Waals surface area contributed by atoms with Crippen molar-refractivity contribution >= 4 is 51.6 Å². The smallest absolute Gasteiger partial charge is 0.408 e. The number of rotatable bonds is 4. The molecular formula is C15H9Cl2N3O5. The van der Waals surface area contributed by atoms with Crippen LogP contribution in [0.3, 0.4) is 0 Å². The molecule has 3 rings (SSSR count). The lowest BCUT2D eigenvalue weighted by Crippen LogP contribution is -2.24. The van der Waals surface area contributed by atoms with Crippen LogP contribution >= 0.6 is 23.2 Å². The Labute approximate surface area is 149 Å². The minimum absolute atomic E-state index is 0.143. The van der Waals surface area contributed by atoms with Gasteiger partial charge in [0.1, 0.15) is 6.54 Å². The monoisotopic (exact) mass is 381 g/mol. The molecule has 0 unspecified atom stereocenters. The highest BCUT2D eigenvalue weighted by Crippen LogP contribution is 2.29. The summed E-state index contributed by atoms with van der Waals surface area (Å²) in [5.41, 5.74) is 0.349. The molecule has 0 saturated heterocycles. The van der Waals surface area contributed by atoms with E-state index in [1.165, 1.54) is 18.2 Å². The first kappa shape index (κ1) is 17.0. The highest BCUT2D eigenvalue weighted by molar-refractivity contribution is 6.43. The number of nitro groups is 1. The fraction of sp³-hybridized carbons (Fsp3) is 0.0667. The summed E-state index contributed by atoms with van der Waals surface area (Å²) in [4.78, 5) is 34.4. The van der Waals surface area contributed by atoms with E-state index in [9.17, 15) is 19.7 Å². The lowest BCUT2D eigenvalue weighted by molar-refractivity contribution is -0.384. The van der Waals surface area contributed by atoms with Crippen LogP contribution in [0.25, 0.3) is 11.1 Å². The second-order valence-electron chi connectivity index (χ2n) is 5.01. The predicted octanol–water partition coefficient (Wildman–Crippen LogP) is 3.45. The first-order valence-corrected chi connectivity index (χ1v) is 7.64. The van der Waals surface area contributed by atoms with Crippen LogP contribution in [0.5, 0.6) is 0 Å². The Morgan fingerprint density at radius 3 is 2.76 bits per heavy atom. The van der Waals surface area contributed by atoms with E-state index in [-0.39, 0.29) is 32.5 Å². The van der Waals surface area contributed by atoms with Crippen LogP contribution in [0.2, 0.25) is 10.0 Å². The standard InChI is InChI=1S/C15H9Cl2N3O5/c16-9-2-1-3-10(14(9)17)18-13(21)7-19-11-6-8(20(23)24)4-5-12(11)25-15(19)22/h1-6H,7H2,(H,18,21). The molecule has 0 aliphatic heterocycles. The lowest BCUT2D eigenvalue weighted by atomic mass is 10.3. The normalized spacial score (nSPS) is 10.8. The van der Waals surface area contributed by atoms with E-state index in [0.29, 0.717) is 0 Å². The van der Waals surface area contributed by atoms with Crippen LogP contribution in [0.1, 0.15) is 0 Å². The maximum atomic E-state index is 12.2. The Morgan fingerprint density at radius 1 is 1.28 bits per heavy atom. The maximum Gasteiger partial charge on any atom is 0.420 e. The third-order valence-corrected chi connectivity index (χ3v) is 4.21. The topological polar surface area (TPSA) is 107 Å². The average Bonchev–Trinajstić information content (AvgIpc) is 2.87. The number of aromatic nitrogens is 1. The number of nitrogens with one attached hydrogen (secondary N) is 1. The summed E-state index contributed by atoms with van der Waals surface area (Å²) in [5, 5.41) is 13.8. The van der Waals surface area contributed by atoms with Gasteiger partial charge >= 0.3 is 5.76 Å². The number of carbonyl (C=O) groups is 1.